The van der Waals surface area contributed by atoms with Crippen LogP contribution in [0.2, 0.25) is 0 Å². The fraction of sp³-hybridized carbons (Fsp3) is 0.800. The zero-order valence-corrected chi connectivity index (χ0v) is 8.15. The van der Waals surface area contributed by atoms with Gasteiger partial charge in [-0.25, -0.2) is 4.79 Å². The van der Waals surface area contributed by atoms with E-state index < -0.39 is 0 Å². The Hall–Kier alpha value is -1.06. The first-order valence-electron chi connectivity index (χ1n) is 5.37. The van der Waals surface area contributed by atoms with Crippen LogP contribution in [0.4, 0.5) is 4.79 Å². The minimum absolute atomic E-state index is 0.110. The summed E-state index contributed by atoms with van der Waals surface area (Å²) in [6.07, 6.45) is 3.52. The van der Waals surface area contributed by atoms with Crippen LogP contribution in [0.1, 0.15) is 19.3 Å². The van der Waals surface area contributed by atoms with Crippen molar-refractivity contribution in [3.05, 3.63) is 0 Å². The lowest BCUT2D eigenvalue weighted by Crippen LogP contribution is -2.30. The number of rotatable bonds is 1. The van der Waals surface area contributed by atoms with E-state index in [4.69, 9.17) is 5.73 Å². The van der Waals surface area contributed by atoms with Gasteiger partial charge in [0.25, 0.3) is 0 Å². The van der Waals surface area contributed by atoms with E-state index in [-0.39, 0.29) is 6.03 Å². The van der Waals surface area contributed by atoms with Crippen LogP contribution in [-0.2, 0) is 0 Å². The maximum atomic E-state index is 11.6. The van der Waals surface area contributed by atoms with Crippen molar-refractivity contribution in [1.29, 1.82) is 0 Å². The van der Waals surface area contributed by atoms with Gasteiger partial charge in [-0.2, -0.15) is 4.99 Å². The minimum Gasteiger partial charge on any atom is -0.387 e. The molecule has 0 spiro atoms. The Morgan fingerprint density at radius 2 is 1.93 bits per heavy atom. The highest BCUT2D eigenvalue weighted by molar-refractivity contribution is 5.95. The van der Waals surface area contributed by atoms with Crippen molar-refractivity contribution in [2.24, 2.45) is 28.5 Å². The molecule has 1 heterocycles. The van der Waals surface area contributed by atoms with E-state index >= 15 is 0 Å². The van der Waals surface area contributed by atoms with Crippen molar-refractivity contribution < 1.29 is 4.79 Å². The summed E-state index contributed by atoms with van der Waals surface area (Å²) in [5, 5.41) is 0. The van der Waals surface area contributed by atoms with Gasteiger partial charge in [0.1, 0.15) is 5.84 Å². The molecule has 1 aliphatic heterocycles. The van der Waals surface area contributed by atoms with Crippen LogP contribution in [-0.4, -0.2) is 29.9 Å². The summed E-state index contributed by atoms with van der Waals surface area (Å²) < 4.78 is 0. The number of hydrogen-bond acceptors (Lipinski definition) is 1. The van der Waals surface area contributed by atoms with Crippen LogP contribution in [0.5, 0.6) is 0 Å². The fourth-order valence-corrected chi connectivity index (χ4v) is 2.21. The highest BCUT2D eigenvalue weighted by atomic mass is 16.2. The molecule has 2 aliphatic carbocycles. The molecule has 3 fully saturated rings. The van der Waals surface area contributed by atoms with Crippen molar-refractivity contribution in [3.8, 4) is 0 Å². The Kier molecular flexibility index (Phi) is 1.60. The third-order valence-corrected chi connectivity index (χ3v) is 3.47. The molecule has 2 amide bonds. The van der Waals surface area contributed by atoms with Crippen molar-refractivity contribution in [2.75, 3.05) is 13.1 Å². The maximum Gasteiger partial charge on any atom is 0.345 e. The molecule has 4 heteroatoms. The van der Waals surface area contributed by atoms with E-state index in [0.29, 0.717) is 11.8 Å². The zero-order valence-electron chi connectivity index (χ0n) is 8.15. The second-order valence-corrected chi connectivity index (χ2v) is 4.75. The Bertz CT molecular complexity index is 298. The largest absolute Gasteiger partial charge is 0.387 e. The van der Waals surface area contributed by atoms with E-state index in [1.807, 2.05) is 4.90 Å². The van der Waals surface area contributed by atoms with Gasteiger partial charge in [-0.1, -0.05) is 0 Å². The summed E-state index contributed by atoms with van der Waals surface area (Å²) in [5.74, 6) is 2.50. The van der Waals surface area contributed by atoms with Crippen LogP contribution < -0.4 is 5.73 Å². The molecule has 2 saturated carbocycles. The summed E-state index contributed by atoms with van der Waals surface area (Å²) in [5.41, 5.74) is 5.70. The second kappa shape index (κ2) is 2.72. The smallest absolute Gasteiger partial charge is 0.345 e. The molecule has 4 nitrogen and oxygen atoms in total. The molecule has 0 radical (unpaired) electrons. The first-order chi connectivity index (χ1) is 6.74. The normalized spacial score (nSPS) is 35.7. The quantitative estimate of drug-likeness (QED) is 0.495. The summed E-state index contributed by atoms with van der Waals surface area (Å²) in [6.45, 7) is 1.82. The molecule has 0 aromatic rings. The summed E-state index contributed by atoms with van der Waals surface area (Å²) in [6, 6.07) is -0.110. The Morgan fingerprint density at radius 1 is 1.29 bits per heavy atom. The molecule has 2 unspecified atom stereocenters. The molecule has 2 atom stereocenters. The molecule has 76 valence electrons. The fourth-order valence-electron chi connectivity index (χ4n) is 2.21. The number of piperidine rings is 1. The van der Waals surface area contributed by atoms with E-state index in [9.17, 15) is 4.79 Å². The molecule has 14 heavy (non-hydrogen) atoms. The molecule has 0 aromatic heterocycles. The topological polar surface area (TPSA) is 58.7 Å². The zero-order chi connectivity index (χ0) is 9.71. The Morgan fingerprint density at radius 3 is 2.50 bits per heavy atom. The SMILES string of the molecule is N/C(=N\C(=O)N1CC2CC2C1)C1CC1. The molecule has 1 saturated heterocycles. The standard InChI is InChI=1S/C10H15N3O/c11-9(6-1-2-6)12-10(14)13-4-7-3-8(7)5-13/h6-8H,1-5H2,(H2,11,12,14). The van der Waals surface area contributed by atoms with Crippen LogP contribution >= 0.6 is 0 Å². The number of amides is 2. The van der Waals surface area contributed by atoms with Gasteiger partial charge in [-0.3, -0.25) is 0 Å². The number of nitrogens with two attached hydrogens (primary N) is 1. The number of aliphatic imine (C=N–C) groups is 1. The molecule has 3 rings (SSSR count). The third-order valence-electron chi connectivity index (χ3n) is 3.47. The van der Waals surface area contributed by atoms with Crippen molar-refractivity contribution in [2.45, 2.75) is 19.3 Å². The number of nitrogens with zero attached hydrogens (tertiary/aromatic N) is 2. The lowest BCUT2D eigenvalue weighted by Gasteiger charge is -2.14. The lowest BCUT2D eigenvalue weighted by molar-refractivity contribution is 0.214. The van der Waals surface area contributed by atoms with Gasteiger partial charge >= 0.3 is 6.03 Å². The highest BCUT2D eigenvalue weighted by Crippen LogP contribution is 2.45. The van der Waals surface area contributed by atoms with Gasteiger partial charge < -0.3 is 10.6 Å². The van der Waals surface area contributed by atoms with Crippen molar-refractivity contribution in [3.63, 3.8) is 0 Å². The number of urea groups is 1. The molecule has 0 aromatic carbocycles. The molecule has 0 bridgehead atoms. The highest BCUT2D eigenvalue weighted by Gasteiger charge is 2.46. The Labute approximate surface area is 83.2 Å². The monoisotopic (exact) mass is 193 g/mol. The number of fused-ring (bicyclic) bond motifs is 1. The van der Waals surface area contributed by atoms with Crippen LogP contribution in [0.3, 0.4) is 0 Å². The summed E-state index contributed by atoms with van der Waals surface area (Å²) in [7, 11) is 0. The average Bonchev–Trinajstić information content (AvgIpc) is 3.05. The second-order valence-electron chi connectivity index (χ2n) is 4.75. The van der Waals surface area contributed by atoms with Crippen molar-refractivity contribution >= 4 is 11.9 Å². The van der Waals surface area contributed by atoms with Crippen LogP contribution in [0, 0.1) is 17.8 Å². The van der Waals surface area contributed by atoms with Gasteiger partial charge in [-0.05, 0) is 31.1 Å². The predicted molar refractivity (Wildman–Crippen MR) is 52.9 cm³/mol. The lowest BCUT2D eigenvalue weighted by atomic mass is 10.4. The van der Waals surface area contributed by atoms with Crippen molar-refractivity contribution in [1.82, 2.24) is 4.90 Å². The third kappa shape index (κ3) is 1.38. The number of hydrogen-bond donors (Lipinski definition) is 1. The number of likely N-dealkylation sites (tertiary alicyclic amines) is 1. The number of carbonyl (C=O) groups excluding carboxylic acids is 1. The van der Waals surface area contributed by atoms with Gasteiger partial charge in [0.2, 0.25) is 0 Å². The van der Waals surface area contributed by atoms with E-state index in [1.54, 1.807) is 0 Å². The number of amidine groups is 1. The Balaban J connectivity index is 1.61. The first kappa shape index (κ1) is 8.26. The van der Waals surface area contributed by atoms with E-state index in [1.165, 1.54) is 6.42 Å². The molecule has 3 aliphatic rings. The van der Waals surface area contributed by atoms with Crippen LogP contribution in [0.25, 0.3) is 0 Å². The van der Waals surface area contributed by atoms with Gasteiger partial charge in [0.05, 0.1) is 0 Å². The predicted octanol–water partition coefficient (Wildman–Crippen LogP) is 0.825. The van der Waals surface area contributed by atoms with Gasteiger partial charge in [0, 0.05) is 19.0 Å². The maximum absolute atomic E-state index is 11.6. The number of carbonyl (C=O) groups is 1. The summed E-state index contributed by atoms with van der Waals surface area (Å²) >= 11 is 0. The molecule has 2 N–H and O–H groups in total. The van der Waals surface area contributed by atoms with Gasteiger partial charge in [-0.15, -0.1) is 0 Å². The van der Waals surface area contributed by atoms with Gasteiger partial charge in [0.15, 0.2) is 0 Å². The molecular formula is C10H15N3O. The summed E-state index contributed by atoms with van der Waals surface area (Å²) in [4.78, 5) is 17.4. The average molecular weight is 193 g/mol. The molecular weight excluding hydrogens is 178 g/mol. The first-order valence-corrected chi connectivity index (χ1v) is 5.37. The van der Waals surface area contributed by atoms with Crippen LogP contribution in [0.15, 0.2) is 4.99 Å². The van der Waals surface area contributed by atoms with E-state index in [0.717, 1.165) is 37.8 Å². The minimum atomic E-state index is -0.110. The van der Waals surface area contributed by atoms with E-state index in [2.05, 4.69) is 4.99 Å².